The van der Waals surface area contributed by atoms with Crippen molar-refractivity contribution in [2.75, 3.05) is 0 Å². The summed E-state index contributed by atoms with van der Waals surface area (Å²) in [5, 5.41) is 0. The molecule has 0 nitrogen and oxygen atoms in total. The molecule has 4 heavy (non-hydrogen) atoms. The Balaban J connectivity index is 0. The molecule has 20 valence electrons. The second kappa shape index (κ2) is 18.5. The molecule has 0 unspecified atom stereocenters. The van der Waals surface area contributed by atoms with Crippen molar-refractivity contribution < 1.29 is 24.8 Å². The van der Waals surface area contributed by atoms with Gasteiger partial charge in [0.25, 0.3) is 0 Å². The molecule has 0 fully saturated rings. The van der Waals surface area contributed by atoms with Crippen LogP contribution in [-0.2, 0) is 0 Å². The predicted octanol–water partition coefficient (Wildman–Crippen LogP) is -6.75. The molecule has 0 atom stereocenters. The Morgan fingerprint density at radius 3 is 0.750 bits per heavy atom. The molecule has 0 aliphatic heterocycles. The van der Waals surface area contributed by atoms with E-state index in [1.165, 1.54) is 0 Å². The fourth-order valence-electron chi connectivity index (χ4n) is 0. The molecule has 0 aromatic heterocycles. The van der Waals surface area contributed by atoms with Crippen LogP contribution in [0.4, 0.5) is 0 Å². The Kier molecular flexibility index (Phi) is 155. The normalized spacial score (nSPS) is 0. The maximum atomic E-state index is 0. The topological polar surface area (TPSA) is 0 Å². The van der Waals surface area contributed by atoms with E-state index >= 15 is 0 Å². The summed E-state index contributed by atoms with van der Waals surface area (Å²) in [7, 11) is 0. The molecule has 4 heteroatoms. The van der Waals surface area contributed by atoms with Crippen molar-refractivity contribution in [3.05, 3.63) is 0 Å². The third-order valence-corrected chi connectivity index (χ3v) is 0. The number of rotatable bonds is 0. The molecule has 0 rings (SSSR count). The van der Waals surface area contributed by atoms with Crippen molar-refractivity contribution in [3.8, 4) is 0 Å². The predicted molar refractivity (Wildman–Crippen MR) is 11.5 cm³/mol. The first kappa shape index (κ1) is 33.4. The van der Waals surface area contributed by atoms with E-state index in [4.69, 9.17) is 0 Å². The number of hydrogen-bond acceptors (Lipinski definition) is 0. The van der Waals surface area contributed by atoms with Crippen LogP contribution in [0.15, 0.2) is 0 Å². The van der Waals surface area contributed by atoms with Gasteiger partial charge in [0.1, 0.15) is 0 Å². The van der Waals surface area contributed by atoms with Gasteiger partial charge in [0.05, 0.1) is 0 Å². The van der Waals surface area contributed by atoms with Crippen LogP contribution in [0.2, 0.25) is 0 Å². The zero-order chi connectivity index (χ0) is 0. The fourth-order valence-corrected chi connectivity index (χ4v) is 0. The summed E-state index contributed by atoms with van der Waals surface area (Å²) in [4.78, 5) is 0. The van der Waals surface area contributed by atoms with Gasteiger partial charge in [-0.15, -0.1) is 0 Å². The van der Waals surface area contributed by atoms with Gasteiger partial charge < -0.3 is 24.8 Å². The van der Waals surface area contributed by atoms with E-state index in [1.807, 2.05) is 0 Å². The molecular weight excluding hydrogens is 397 g/mol. The van der Waals surface area contributed by atoms with E-state index in [1.54, 1.807) is 0 Å². The average molecular weight is 397 g/mol. The molecule has 0 saturated carbocycles. The average Bonchev–Trinajstić information content (AvgIpc) is 0. The molecule has 4 radical (unpaired) electrons. The summed E-state index contributed by atoms with van der Waals surface area (Å²) in [5.74, 6) is 0. The monoisotopic (exact) mass is 398 g/mol. The van der Waals surface area contributed by atoms with Crippen LogP contribution < -0.4 is 24.8 Å². The molecule has 0 aliphatic rings. The Morgan fingerprint density at radius 1 is 0.750 bits per heavy atom. The molecule has 0 aromatic carbocycles. The van der Waals surface area contributed by atoms with Crippen molar-refractivity contribution in [3.63, 3.8) is 0 Å². The van der Waals surface area contributed by atoms with Gasteiger partial charge in [-0.05, 0) is 0 Å². The molecule has 0 aliphatic carbocycles. The first-order valence-electron chi connectivity index (χ1n) is 0. The zero-order valence-corrected chi connectivity index (χ0v) is 10.0. The fraction of sp³-hybridized carbons (Fsp3) is 0. The van der Waals surface area contributed by atoms with Crippen molar-refractivity contribution in [2.45, 2.75) is 0 Å². The molecule has 0 spiro atoms. The molecule has 0 heterocycles. The van der Waals surface area contributed by atoms with E-state index in [-0.39, 0.29) is 76.0 Å². The van der Waals surface area contributed by atoms with Crippen molar-refractivity contribution in [1.29, 1.82) is 0 Å². The van der Waals surface area contributed by atoms with E-state index in [9.17, 15) is 0 Å². The number of halogens is 2. The van der Waals surface area contributed by atoms with Crippen molar-refractivity contribution in [2.24, 2.45) is 0 Å². The van der Waals surface area contributed by atoms with E-state index < -0.39 is 0 Å². The summed E-state index contributed by atoms with van der Waals surface area (Å²) in [5.41, 5.74) is 0. The van der Waals surface area contributed by atoms with E-state index in [0.29, 0.717) is 0 Å². The van der Waals surface area contributed by atoms with Crippen LogP contribution in [-0.4, -0.2) is 51.2 Å². The van der Waals surface area contributed by atoms with Gasteiger partial charge in [0, 0.05) is 27.3 Å². The third-order valence-electron chi connectivity index (χ3n) is 0. The maximum Gasteiger partial charge on any atom is 4.00 e. The van der Waals surface area contributed by atoms with Gasteiger partial charge >= 0.3 is 23.9 Å². The molecule has 0 amide bonds. The van der Waals surface area contributed by atoms with Gasteiger partial charge in [0.2, 0.25) is 0 Å². The van der Waals surface area contributed by atoms with Crippen LogP contribution in [0.25, 0.3) is 0 Å². The third kappa shape index (κ3) is 8.85. The summed E-state index contributed by atoms with van der Waals surface area (Å²) >= 11 is 0. The molecule has 0 saturated heterocycles. The smallest absolute Gasteiger partial charge is 1.00 e. The van der Waals surface area contributed by atoms with Gasteiger partial charge in [0.15, 0.2) is 0 Å². The first-order valence-corrected chi connectivity index (χ1v) is 0. The van der Waals surface area contributed by atoms with Gasteiger partial charge in [-0.3, -0.25) is 0 Å². The van der Waals surface area contributed by atoms with Gasteiger partial charge in [-0.25, -0.2) is 0 Å². The minimum atomic E-state index is 0. The summed E-state index contributed by atoms with van der Waals surface area (Å²) in [6.45, 7) is 0. The van der Waals surface area contributed by atoms with Gasteiger partial charge in [-0.2, -0.15) is 0 Å². The Labute approximate surface area is 75.0 Å². The summed E-state index contributed by atoms with van der Waals surface area (Å²) < 4.78 is 0. The summed E-state index contributed by atoms with van der Waals surface area (Å²) in [6.07, 6.45) is 0. The molecule has 0 N–H and O–H groups in total. The second-order valence-corrected chi connectivity index (χ2v) is 0. The van der Waals surface area contributed by atoms with Crippen LogP contribution in [0.1, 0.15) is 0 Å². The van der Waals surface area contributed by atoms with Gasteiger partial charge in [-0.1, -0.05) is 0 Å². The minimum absolute atomic E-state index is 0. The standard InChI is InChI=1S/2ClH.Pb.Sn/h2*1H;;/q;;;+4/p-2. The Morgan fingerprint density at radius 2 is 0.750 bits per heavy atom. The van der Waals surface area contributed by atoms with Crippen LogP contribution in [0.3, 0.4) is 0 Å². The molecular formula is Cl2PbSn+2. The maximum absolute atomic E-state index is 0. The van der Waals surface area contributed by atoms with E-state index in [0.717, 1.165) is 0 Å². The van der Waals surface area contributed by atoms with Crippen LogP contribution in [0, 0.1) is 0 Å². The first-order chi connectivity index (χ1) is 0. The Hall–Kier alpha value is 2.30. The van der Waals surface area contributed by atoms with Crippen LogP contribution >= 0.6 is 0 Å². The summed E-state index contributed by atoms with van der Waals surface area (Å²) in [6, 6.07) is 0. The molecule has 0 aromatic rings. The number of hydrogen-bond donors (Lipinski definition) is 0. The zero-order valence-electron chi connectivity index (χ0n) is 1.76. The second-order valence-electron chi connectivity index (χ2n) is 0. The quantitative estimate of drug-likeness (QED) is 0.357. The van der Waals surface area contributed by atoms with E-state index in [2.05, 4.69) is 0 Å². The van der Waals surface area contributed by atoms with Crippen molar-refractivity contribution in [1.82, 2.24) is 0 Å². The SMILES string of the molecule is [Cl-].[Cl-].[Pb].[Sn+4]. The Bertz CT molecular complexity index is 6.00. The largest absolute Gasteiger partial charge is 4.00 e. The molecule has 0 bridgehead atoms. The minimum Gasteiger partial charge on any atom is -1.00 e. The van der Waals surface area contributed by atoms with Crippen molar-refractivity contribution >= 4 is 51.2 Å². The van der Waals surface area contributed by atoms with Crippen LogP contribution in [0.5, 0.6) is 0 Å².